The van der Waals surface area contributed by atoms with Gasteiger partial charge in [-0.2, -0.15) is 0 Å². The van der Waals surface area contributed by atoms with E-state index in [4.69, 9.17) is 9.84 Å². The summed E-state index contributed by atoms with van der Waals surface area (Å²) >= 11 is 3.35. The average Bonchev–Trinajstić information content (AvgIpc) is 1.88. The molecular weight excluding hydrogens is 200 g/mol. The lowest BCUT2D eigenvalue weighted by Gasteiger charge is -2.22. The second-order valence-electron chi connectivity index (χ2n) is 2.32. The van der Waals surface area contributed by atoms with Crippen molar-refractivity contribution >= 4 is 21.9 Å². The summed E-state index contributed by atoms with van der Waals surface area (Å²) in [6.45, 7) is 0.548. The Morgan fingerprint density at radius 3 is 2.80 bits per heavy atom. The van der Waals surface area contributed by atoms with Gasteiger partial charge in [0.25, 0.3) is 0 Å². The molecule has 58 valence electrons. The first-order valence-corrected chi connectivity index (χ1v) is 4.10. The first kappa shape index (κ1) is 8.01. The topological polar surface area (TPSA) is 46.5 Å². The van der Waals surface area contributed by atoms with E-state index in [0.29, 0.717) is 17.9 Å². The van der Waals surface area contributed by atoms with Crippen molar-refractivity contribution in [2.75, 3.05) is 6.61 Å². The van der Waals surface area contributed by atoms with E-state index in [0.717, 1.165) is 6.42 Å². The number of halogens is 1. The van der Waals surface area contributed by atoms with Crippen molar-refractivity contribution in [1.29, 1.82) is 0 Å². The molecule has 2 unspecified atom stereocenters. The van der Waals surface area contributed by atoms with E-state index in [9.17, 15) is 4.79 Å². The Balaban J connectivity index is 2.39. The van der Waals surface area contributed by atoms with Gasteiger partial charge in [-0.05, 0) is 12.8 Å². The maximum absolute atomic E-state index is 10.4. The van der Waals surface area contributed by atoms with Gasteiger partial charge in [-0.1, -0.05) is 15.9 Å². The van der Waals surface area contributed by atoms with Crippen LogP contribution in [0.2, 0.25) is 0 Å². The third kappa shape index (κ3) is 1.95. The van der Waals surface area contributed by atoms with Crippen LogP contribution >= 0.6 is 15.9 Å². The summed E-state index contributed by atoms with van der Waals surface area (Å²) < 4.78 is 4.98. The van der Waals surface area contributed by atoms with Gasteiger partial charge in [-0.25, -0.2) is 4.79 Å². The van der Waals surface area contributed by atoms with E-state index < -0.39 is 12.1 Å². The van der Waals surface area contributed by atoms with Gasteiger partial charge < -0.3 is 9.84 Å². The van der Waals surface area contributed by atoms with Crippen LogP contribution in [0.25, 0.3) is 0 Å². The standard InChI is InChI=1S/C6H9BrO3/c7-4-1-2-10-5(3-4)6(8)9/h4-5H,1-3H2,(H,8,9). The lowest BCUT2D eigenvalue weighted by atomic mass is 10.1. The highest BCUT2D eigenvalue weighted by Gasteiger charge is 2.25. The SMILES string of the molecule is O=C(O)C1CC(Br)CCO1. The minimum atomic E-state index is -0.857. The van der Waals surface area contributed by atoms with Gasteiger partial charge in [0.2, 0.25) is 0 Å². The molecule has 1 aliphatic heterocycles. The Labute approximate surface area is 67.5 Å². The molecule has 1 N–H and O–H groups in total. The summed E-state index contributed by atoms with van der Waals surface area (Å²) in [5.74, 6) is -0.857. The van der Waals surface area contributed by atoms with Gasteiger partial charge in [0.15, 0.2) is 6.10 Å². The highest BCUT2D eigenvalue weighted by Crippen LogP contribution is 2.20. The number of ether oxygens (including phenoxy) is 1. The molecule has 3 nitrogen and oxygen atoms in total. The first-order chi connectivity index (χ1) is 4.70. The zero-order valence-corrected chi connectivity index (χ0v) is 7.00. The quantitative estimate of drug-likeness (QED) is 0.655. The molecule has 1 rings (SSSR count). The molecular formula is C6H9BrO3. The third-order valence-electron chi connectivity index (χ3n) is 1.50. The Bertz CT molecular complexity index is 137. The van der Waals surface area contributed by atoms with E-state index in [1.165, 1.54) is 0 Å². The summed E-state index contributed by atoms with van der Waals surface area (Å²) in [5, 5.41) is 8.51. The summed E-state index contributed by atoms with van der Waals surface area (Å²) in [4.78, 5) is 10.7. The average molecular weight is 209 g/mol. The molecule has 2 atom stereocenters. The molecule has 0 aromatic carbocycles. The van der Waals surface area contributed by atoms with Gasteiger partial charge in [-0.3, -0.25) is 0 Å². The second kappa shape index (κ2) is 3.34. The van der Waals surface area contributed by atoms with E-state index in [1.54, 1.807) is 0 Å². The number of hydrogen-bond donors (Lipinski definition) is 1. The highest BCUT2D eigenvalue weighted by atomic mass is 79.9. The number of carboxylic acid groups (broad SMARTS) is 1. The van der Waals surface area contributed by atoms with Crippen LogP contribution in [0.5, 0.6) is 0 Å². The number of aliphatic carboxylic acids is 1. The Morgan fingerprint density at radius 2 is 2.40 bits per heavy atom. The van der Waals surface area contributed by atoms with Gasteiger partial charge in [0.05, 0.1) is 0 Å². The van der Waals surface area contributed by atoms with Crippen LogP contribution in [0.3, 0.4) is 0 Å². The fourth-order valence-electron chi connectivity index (χ4n) is 0.928. The summed E-state index contributed by atoms with van der Waals surface area (Å²) in [6, 6.07) is 0. The molecule has 0 radical (unpaired) electrons. The summed E-state index contributed by atoms with van der Waals surface area (Å²) in [6.07, 6.45) is 0.886. The van der Waals surface area contributed by atoms with Crippen molar-refractivity contribution in [2.24, 2.45) is 0 Å². The molecule has 0 aliphatic carbocycles. The van der Waals surface area contributed by atoms with Gasteiger partial charge in [-0.15, -0.1) is 0 Å². The summed E-state index contributed by atoms with van der Waals surface area (Å²) in [5.41, 5.74) is 0. The number of carbonyl (C=O) groups is 1. The minimum absolute atomic E-state index is 0.308. The van der Waals surface area contributed by atoms with Crippen LogP contribution in [0.15, 0.2) is 0 Å². The van der Waals surface area contributed by atoms with E-state index in [2.05, 4.69) is 15.9 Å². The van der Waals surface area contributed by atoms with E-state index in [1.807, 2.05) is 0 Å². The second-order valence-corrected chi connectivity index (χ2v) is 3.61. The largest absolute Gasteiger partial charge is 0.479 e. The zero-order valence-electron chi connectivity index (χ0n) is 5.42. The molecule has 4 heteroatoms. The smallest absolute Gasteiger partial charge is 0.332 e. The zero-order chi connectivity index (χ0) is 7.56. The maximum Gasteiger partial charge on any atom is 0.332 e. The van der Waals surface area contributed by atoms with Crippen molar-refractivity contribution in [3.05, 3.63) is 0 Å². The van der Waals surface area contributed by atoms with Gasteiger partial charge >= 0.3 is 5.97 Å². The van der Waals surface area contributed by atoms with Crippen molar-refractivity contribution < 1.29 is 14.6 Å². The predicted molar refractivity (Wildman–Crippen MR) is 39.3 cm³/mol. The van der Waals surface area contributed by atoms with E-state index in [-0.39, 0.29) is 0 Å². The molecule has 0 bridgehead atoms. The van der Waals surface area contributed by atoms with Crippen LogP contribution in [0.1, 0.15) is 12.8 Å². The van der Waals surface area contributed by atoms with Crippen LogP contribution in [-0.2, 0) is 9.53 Å². The van der Waals surface area contributed by atoms with Gasteiger partial charge in [0.1, 0.15) is 0 Å². The fourth-order valence-corrected chi connectivity index (χ4v) is 1.45. The highest BCUT2D eigenvalue weighted by molar-refractivity contribution is 9.09. The third-order valence-corrected chi connectivity index (χ3v) is 2.33. The Hall–Kier alpha value is -0.0900. The van der Waals surface area contributed by atoms with Crippen LogP contribution in [0, 0.1) is 0 Å². The molecule has 0 aromatic heterocycles. The van der Waals surface area contributed by atoms with Crippen molar-refractivity contribution in [3.63, 3.8) is 0 Å². The van der Waals surface area contributed by atoms with E-state index >= 15 is 0 Å². The van der Waals surface area contributed by atoms with Crippen LogP contribution < -0.4 is 0 Å². The predicted octanol–water partition coefficient (Wildman–Crippen LogP) is 1.01. The molecule has 1 saturated heterocycles. The monoisotopic (exact) mass is 208 g/mol. The number of rotatable bonds is 1. The van der Waals surface area contributed by atoms with Gasteiger partial charge in [0, 0.05) is 11.4 Å². The molecule has 10 heavy (non-hydrogen) atoms. The molecule has 1 heterocycles. The van der Waals surface area contributed by atoms with Crippen molar-refractivity contribution in [2.45, 2.75) is 23.8 Å². The maximum atomic E-state index is 10.4. The number of carboxylic acids is 1. The molecule has 1 fully saturated rings. The van der Waals surface area contributed by atoms with Crippen molar-refractivity contribution in [1.82, 2.24) is 0 Å². The molecule has 1 aliphatic rings. The number of hydrogen-bond acceptors (Lipinski definition) is 2. The molecule has 0 amide bonds. The molecule has 0 saturated carbocycles. The minimum Gasteiger partial charge on any atom is -0.479 e. The molecule has 0 aromatic rings. The Kier molecular flexibility index (Phi) is 2.68. The lowest BCUT2D eigenvalue weighted by molar-refractivity contribution is -0.152. The van der Waals surface area contributed by atoms with Crippen molar-refractivity contribution in [3.8, 4) is 0 Å². The summed E-state index contributed by atoms with van der Waals surface area (Å²) in [7, 11) is 0. The van der Waals surface area contributed by atoms with Crippen LogP contribution in [-0.4, -0.2) is 28.6 Å². The fraction of sp³-hybridized carbons (Fsp3) is 0.833. The molecule has 0 spiro atoms. The lowest BCUT2D eigenvalue weighted by Crippen LogP contribution is -2.32. The first-order valence-electron chi connectivity index (χ1n) is 3.18. The number of alkyl halides is 1. The normalized spacial score (nSPS) is 33.7. The van der Waals surface area contributed by atoms with Crippen LogP contribution in [0.4, 0.5) is 0 Å². The Morgan fingerprint density at radius 1 is 1.70 bits per heavy atom.